The number of carbonyl (C=O) groups is 1. The molecule has 4 heterocycles. The highest BCUT2D eigenvalue weighted by Crippen LogP contribution is 2.20. The number of fused-ring (bicyclic) bond motifs is 2. The Kier molecular flexibility index (Phi) is 3.14. The number of nitrogens with one attached hydrogen (secondary N) is 1. The second kappa shape index (κ2) is 5.19. The molecule has 0 radical (unpaired) electrons. The smallest absolute Gasteiger partial charge is 0.275 e. The van der Waals surface area contributed by atoms with Crippen LogP contribution in [0.1, 0.15) is 40.5 Å². The summed E-state index contributed by atoms with van der Waals surface area (Å²) in [5.74, 6) is 1.56. The summed E-state index contributed by atoms with van der Waals surface area (Å²) in [6.07, 6.45) is 4.97. The molecule has 0 aliphatic carbocycles. The van der Waals surface area contributed by atoms with Gasteiger partial charge in [-0.15, -0.1) is 0 Å². The molecule has 0 spiro atoms. The molecule has 0 saturated heterocycles. The molecular formula is C16H18N6O. The lowest BCUT2D eigenvalue weighted by Crippen LogP contribution is -2.19. The van der Waals surface area contributed by atoms with Crippen LogP contribution >= 0.6 is 0 Å². The van der Waals surface area contributed by atoms with Crippen LogP contribution in [0.5, 0.6) is 0 Å². The van der Waals surface area contributed by atoms with E-state index < -0.39 is 0 Å². The van der Waals surface area contributed by atoms with Crippen LogP contribution in [0.25, 0.3) is 5.65 Å². The fraction of sp³-hybridized carbons (Fsp3) is 0.375. The maximum atomic E-state index is 12.6. The number of hydrogen-bond acceptors (Lipinski definition) is 4. The van der Waals surface area contributed by atoms with Gasteiger partial charge in [0.2, 0.25) is 0 Å². The van der Waals surface area contributed by atoms with E-state index in [1.165, 1.54) is 0 Å². The molecule has 0 bridgehead atoms. The summed E-state index contributed by atoms with van der Waals surface area (Å²) in [5, 5.41) is 7.29. The van der Waals surface area contributed by atoms with E-state index in [4.69, 9.17) is 0 Å². The number of carbonyl (C=O) groups excluding carboxylic acids is 1. The van der Waals surface area contributed by atoms with Crippen LogP contribution in [0.3, 0.4) is 0 Å². The van der Waals surface area contributed by atoms with Crippen molar-refractivity contribution in [3.63, 3.8) is 0 Å². The van der Waals surface area contributed by atoms with Gasteiger partial charge in [0, 0.05) is 24.7 Å². The Balaban J connectivity index is 1.65. The molecule has 23 heavy (non-hydrogen) atoms. The highest BCUT2D eigenvalue weighted by atomic mass is 16.2. The van der Waals surface area contributed by atoms with Gasteiger partial charge in [-0.25, -0.2) is 14.5 Å². The average Bonchev–Trinajstić information content (AvgIpc) is 3.11. The largest absolute Gasteiger partial charge is 0.315 e. The minimum Gasteiger partial charge on any atom is -0.315 e. The van der Waals surface area contributed by atoms with Gasteiger partial charge in [0.05, 0.1) is 11.9 Å². The van der Waals surface area contributed by atoms with Crippen molar-refractivity contribution in [2.24, 2.45) is 0 Å². The van der Waals surface area contributed by atoms with Crippen molar-refractivity contribution in [3.8, 4) is 0 Å². The summed E-state index contributed by atoms with van der Waals surface area (Å²) in [7, 11) is 0. The minimum absolute atomic E-state index is 0.220. The minimum atomic E-state index is -0.220. The van der Waals surface area contributed by atoms with Gasteiger partial charge in [0.15, 0.2) is 5.65 Å². The second-order valence-corrected chi connectivity index (χ2v) is 5.96. The van der Waals surface area contributed by atoms with Crippen LogP contribution in [0.15, 0.2) is 18.3 Å². The SMILES string of the molecule is Cc1cc2nc(C(=O)Nc3cnc4n3CCCC4)cc(C)n2n1. The van der Waals surface area contributed by atoms with Gasteiger partial charge in [-0.2, -0.15) is 5.10 Å². The molecule has 0 fully saturated rings. The third kappa shape index (κ3) is 2.38. The summed E-state index contributed by atoms with van der Waals surface area (Å²) in [4.78, 5) is 21.4. The molecule has 118 valence electrons. The number of nitrogens with zero attached hydrogens (tertiary/aromatic N) is 5. The van der Waals surface area contributed by atoms with E-state index in [1.807, 2.05) is 19.9 Å². The van der Waals surface area contributed by atoms with E-state index in [1.54, 1.807) is 16.8 Å². The Labute approximate surface area is 133 Å². The van der Waals surface area contributed by atoms with Gasteiger partial charge >= 0.3 is 0 Å². The Hall–Kier alpha value is -2.70. The first-order valence-electron chi connectivity index (χ1n) is 7.81. The fourth-order valence-electron chi connectivity index (χ4n) is 3.05. The molecule has 0 aromatic carbocycles. The van der Waals surface area contributed by atoms with Crippen molar-refractivity contribution < 1.29 is 4.79 Å². The van der Waals surface area contributed by atoms with E-state index in [2.05, 4.69) is 25.0 Å². The molecule has 1 aliphatic heterocycles. The first-order chi connectivity index (χ1) is 11.1. The molecule has 3 aromatic rings. The highest BCUT2D eigenvalue weighted by molar-refractivity contribution is 6.02. The maximum Gasteiger partial charge on any atom is 0.275 e. The van der Waals surface area contributed by atoms with E-state index in [9.17, 15) is 4.79 Å². The first-order valence-corrected chi connectivity index (χ1v) is 7.81. The molecule has 1 N–H and O–H groups in total. The van der Waals surface area contributed by atoms with Gasteiger partial charge in [0.25, 0.3) is 5.91 Å². The van der Waals surface area contributed by atoms with Gasteiger partial charge in [-0.3, -0.25) is 4.79 Å². The Morgan fingerprint density at radius 3 is 3.00 bits per heavy atom. The Morgan fingerprint density at radius 1 is 1.26 bits per heavy atom. The van der Waals surface area contributed by atoms with Crippen LogP contribution < -0.4 is 5.32 Å². The third-order valence-corrected chi connectivity index (χ3v) is 4.17. The van der Waals surface area contributed by atoms with Crippen molar-refractivity contribution in [2.45, 2.75) is 39.7 Å². The lowest BCUT2D eigenvalue weighted by Gasteiger charge is -2.16. The van der Waals surface area contributed by atoms with Crippen molar-refractivity contribution in [2.75, 3.05) is 5.32 Å². The lowest BCUT2D eigenvalue weighted by molar-refractivity contribution is 0.102. The first kappa shape index (κ1) is 13.9. The molecule has 0 unspecified atom stereocenters. The van der Waals surface area contributed by atoms with Gasteiger partial charge in [0.1, 0.15) is 17.3 Å². The third-order valence-electron chi connectivity index (χ3n) is 4.17. The molecule has 4 rings (SSSR count). The summed E-state index contributed by atoms with van der Waals surface area (Å²) in [5.41, 5.74) is 2.83. The predicted molar refractivity (Wildman–Crippen MR) is 85.6 cm³/mol. The van der Waals surface area contributed by atoms with Crippen molar-refractivity contribution in [1.82, 2.24) is 24.1 Å². The summed E-state index contributed by atoms with van der Waals surface area (Å²) in [6, 6.07) is 3.62. The molecular weight excluding hydrogens is 292 g/mol. The quantitative estimate of drug-likeness (QED) is 0.786. The number of imidazole rings is 1. The molecule has 7 heteroatoms. The zero-order valence-corrected chi connectivity index (χ0v) is 13.2. The maximum absolute atomic E-state index is 12.6. The number of aryl methyl sites for hydroxylation is 3. The van der Waals surface area contributed by atoms with Gasteiger partial charge in [-0.1, -0.05) is 0 Å². The van der Waals surface area contributed by atoms with E-state index >= 15 is 0 Å². The number of amides is 1. The van der Waals surface area contributed by atoms with E-state index in [-0.39, 0.29) is 5.91 Å². The van der Waals surface area contributed by atoms with Crippen LogP contribution in [-0.4, -0.2) is 30.1 Å². The molecule has 7 nitrogen and oxygen atoms in total. The Bertz CT molecular complexity index is 907. The summed E-state index contributed by atoms with van der Waals surface area (Å²) >= 11 is 0. The molecule has 1 aliphatic rings. The number of rotatable bonds is 2. The number of hydrogen-bond donors (Lipinski definition) is 1. The molecule has 3 aromatic heterocycles. The number of anilines is 1. The monoisotopic (exact) mass is 310 g/mol. The zero-order chi connectivity index (χ0) is 16.0. The van der Waals surface area contributed by atoms with Crippen LogP contribution in [0, 0.1) is 13.8 Å². The predicted octanol–water partition coefficient (Wildman–Crippen LogP) is 2.13. The molecule has 0 saturated carbocycles. The van der Waals surface area contributed by atoms with Gasteiger partial charge in [-0.05, 0) is 32.8 Å². The second-order valence-electron chi connectivity index (χ2n) is 5.96. The average molecular weight is 310 g/mol. The summed E-state index contributed by atoms with van der Waals surface area (Å²) < 4.78 is 3.82. The van der Waals surface area contributed by atoms with Crippen LogP contribution in [0.2, 0.25) is 0 Å². The molecule has 1 amide bonds. The van der Waals surface area contributed by atoms with Crippen LogP contribution in [0.4, 0.5) is 5.82 Å². The van der Waals surface area contributed by atoms with Crippen molar-refractivity contribution in [1.29, 1.82) is 0 Å². The summed E-state index contributed by atoms with van der Waals surface area (Å²) in [6.45, 7) is 4.73. The lowest BCUT2D eigenvalue weighted by atomic mass is 10.2. The van der Waals surface area contributed by atoms with Crippen molar-refractivity contribution >= 4 is 17.4 Å². The Morgan fingerprint density at radius 2 is 2.13 bits per heavy atom. The van der Waals surface area contributed by atoms with Crippen molar-refractivity contribution in [3.05, 3.63) is 41.2 Å². The van der Waals surface area contributed by atoms with Crippen LogP contribution in [-0.2, 0) is 13.0 Å². The van der Waals surface area contributed by atoms with Gasteiger partial charge < -0.3 is 9.88 Å². The standard InChI is InChI=1S/C16H18N6O/c1-10-7-14-18-12(8-11(2)22(14)20-10)16(23)19-15-9-17-13-5-3-4-6-21(13)15/h7-9H,3-6H2,1-2H3,(H,19,23). The fourth-order valence-corrected chi connectivity index (χ4v) is 3.05. The topological polar surface area (TPSA) is 77.1 Å². The normalized spacial score (nSPS) is 14.0. The molecule has 0 atom stereocenters. The zero-order valence-electron chi connectivity index (χ0n) is 13.2. The highest BCUT2D eigenvalue weighted by Gasteiger charge is 2.18. The van der Waals surface area contributed by atoms with E-state index in [0.29, 0.717) is 11.3 Å². The van der Waals surface area contributed by atoms with E-state index in [0.717, 1.165) is 48.8 Å². The number of aromatic nitrogens is 5.